The van der Waals surface area contributed by atoms with E-state index in [1.54, 1.807) is 0 Å². The number of aromatic nitrogens is 1. The van der Waals surface area contributed by atoms with Crippen LogP contribution in [0.25, 0.3) is 28.6 Å². The standard InChI is InChI=1S/C27H28N2O3.ClH/c1-2-7-22(8-3-1)9-6-18-30-19-16-28-17-20-31-21-23-12-14-24(15-13-23)27-29-25-10-4-5-11-26(25)32-27;/h1-15,28H,16-21H2;1H. The molecule has 0 aliphatic carbocycles. The minimum Gasteiger partial charge on any atom is -0.436 e. The lowest BCUT2D eigenvalue weighted by Crippen LogP contribution is -2.24. The SMILES string of the molecule is C(=Cc1ccccc1)COCCNCCOCc1ccc(-c2nc3ccccc3o2)cc1.Cl. The van der Waals surface area contributed by atoms with Gasteiger partial charge in [-0.15, -0.1) is 12.4 Å². The maximum Gasteiger partial charge on any atom is 0.227 e. The molecule has 0 aliphatic heterocycles. The number of hydrogen-bond acceptors (Lipinski definition) is 5. The number of oxazole rings is 1. The first-order chi connectivity index (χ1) is 15.9. The molecule has 1 heterocycles. The summed E-state index contributed by atoms with van der Waals surface area (Å²) in [6.45, 7) is 4.13. The highest BCUT2D eigenvalue weighted by molar-refractivity contribution is 5.85. The Labute approximate surface area is 200 Å². The third-order valence-corrected chi connectivity index (χ3v) is 4.93. The molecule has 6 heteroatoms. The van der Waals surface area contributed by atoms with Gasteiger partial charge in [0.05, 0.1) is 26.4 Å². The second kappa shape index (κ2) is 13.6. The van der Waals surface area contributed by atoms with Crippen LogP contribution in [-0.2, 0) is 16.1 Å². The summed E-state index contributed by atoms with van der Waals surface area (Å²) in [6.07, 6.45) is 4.11. The van der Waals surface area contributed by atoms with Crippen LogP contribution in [0.2, 0.25) is 0 Å². The van der Waals surface area contributed by atoms with Gasteiger partial charge in [0.25, 0.3) is 0 Å². The van der Waals surface area contributed by atoms with E-state index in [2.05, 4.69) is 40.6 Å². The Morgan fingerprint density at radius 1 is 0.818 bits per heavy atom. The van der Waals surface area contributed by atoms with E-state index in [0.717, 1.165) is 35.3 Å². The zero-order valence-corrected chi connectivity index (χ0v) is 19.3. The summed E-state index contributed by atoms with van der Waals surface area (Å²) in [6, 6.07) is 26.1. The van der Waals surface area contributed by atoms with Gasteiger partial charge in [-0.1, -0.05) is 66.7 Å². The molecular weight excluding hydrogens is 436 g/mol. The molecule has 33 heavy (non-hydrogen) atoms. The van der Waals surface area contributed by atoms with Gasteiger partial charge in [0.2, 0.25) is 5.89 Å². The van der Waals surface area contributed by atoms with Crippen LogP contribution in [0.3, 0.4) is 0 Å². The van der Waals surface area contributed by atoms with Crippen molar-refractivity contribution in [1.29, 1.82) is 0 Å². The fourth-order valence-electron chi connectivity index (χ4n) is 3.24. The van der Waals surface area contributed by atoms with Gasteiger partial charge in [0.15, 0.2) is 5.58 Å². The largest absolute Gasteiger partial charge is 0.436 e. The van der Waals surface area contributed by atoms with Crippen molar-refractivity contribution in [1.82, 2.24) is 10.3 Å². The zero-order valence-electron chi connectivity index (χ0n) is 18.5. The van der Waals surface area contributed by atoms with Crippen molar-refractivity contribution >= 4 is 29.6 Å². The molecule has 172 valence electrons. The molecule has 5 nitrogen and oxygen atoms in total. The van der Waals surface area contributed by atoms with Crippen molar-refractivity contribution < 1.29 is 13.9 Å². The van der Waals surface area contributed by atoms with Crippen molar-refractivity contribution in [2.45, 2.75) is 6.61 Å². The van der Waals surface area contributed by atoms with E-state index >= 15 is 0 Å². The topological polar surface area (TPSA) is 56.5 Å². The third kappa shape index (κ3) is 7.84. The van der Waals surface area contributed by atoms with Crippen LogP contribution in [0.15, 0.2) is 89.4 Å². The fourth-order valence-corrected chi connectivity index (χ4v) is 3.24. The second-order valence-corrected chi connectivity index (χ2v) is 7.37. The smallest absolute Gasteiger partial charge is 0.227 e. The van der Waals surface area contributed by atoms with E-state index < -0.39 is 0 Å². The summed E-state index contributed by atoms with van der Waals surface area (Å²) in [5.41, 5.74) is 4.95. The van der Waals surface area contributed by atoms with Crippen molar-refractivity contribution in [3.63, 3.8) is 0 Å². The minimum absolute atomic E-state index is 0. The van der Waals surface area contributed by atoms with Gasteiger partial charge >= 0.3 is 0 Å². The van der Waals surface area contributed by atoms with Gasteiger partial charge in [-0.2, -0.15) is 0 Å². The van der Waals surface area contributed by atoms with Gasteiger partial charge in [0, 0.05) is 18.7 Å². The lowest BCUT2D eigenvalue weighted by atomic mass is 10.1. The molecule has 0 saturated heterocycles. The number of para-hydroxylation sites is 2. The number of nitrogens with one attached hydrogen (secondary N) is 1. The molecule has 0 aliphatic rings. The van der Waals surface area contributed by atoms with Gasteiger partial charge in [0.1, 0.15) is 5.52 Å². The van der Waals surface area contributed by atoms with Crippen LogP contribution in [-0.4, -0.2) is 37.9 Å². The molecule has 0 unspecified atom stereocenters. The molecule has 4 aromatic rings. The first-order valence-electron chi connectivity index (χ1n) is 10.9. The quantitative estimate of drug-likeness (QED) is 0.270. The number of benzene rings is 3. The summed E-state index contributed by atoms with van der Waals surface area (Å²) in [5.74, 6) is 0.639. The predicted molar refractivity (Wildman–Crippen MR) is 136 cm³/mol. The number of nitrogens with zero attached hydrogens (tertiary/aromatic N) is 1. The van der Waals surface area contributed by atoms with Gasteiger partial charge in [-0.25, -0.2) is 4.98 Å². The van der Waals surface area contributed by atoms with E-state index in [1.165, 1.54) is 5.56 Å². The van der Waals surface area contributed by atoms with Crippen LogP contribution in [0, 0.1) is 0 Å². The summed E-state index contributed by atoms with van der Waals surface area (Å²) in [4.78, 5) is 4.53. The molecule has 0 amide bonds. The van der Waals surface area contributed by atoms with Crippen molar-refractivity contribution in [2.75, 3.05) is 32.9 Å². The van der Waals surface area contributed by atoms with Crippen molar-refractivity contribution in [3.8, 4) is 11.5 Å². The van der Waals surface area contributed by atoms with Gasteiger partial charge in [-0.3, -0.25) is 0 Å². The molecule has 1 aromatic heterocycles. The number of halogens is 1. The first-order valence-corrected chi connectivity index (χ1v) is 10.9. The summed E-state index contributed by atoms with van der Waals surface area (Å²) >= 11 is 0. The second-order valence-electron chi connectivity index (χ2n) is 7.37. The zero-order chi connectivity index (χ0) is 21.8. The van der Waals surface area contributed by atoms with Crippen molar-refractivity contribution in [2.24, 2.45) is 0 Å². The summed E-state index contributed by atoms with van der Waals surface area (Å²) in [7, 11) is 0. The van der Waals surface area contributed by atoms with E-state index in [-0.39, 0.29) is 12.4 Å². The van der Waals surface area contributed by atoms with E-state index in [9.17, 15) is 0 Å². The van der Waals surface area contributed by atoms with Crippen molar-refractivity contribution in [3.05, 3.63) is 96.1 Å². The maximum atomic E-state index is 5.82. The van der Waals surface area contributed by atoms with Crippen LogP contribution in [0.4, 0.5) is 0 Å². The lowest BCUT2D eigenvalue weighted by Gasteiger charge is -2.07. The Kier molecular flexibility index (Phi) is 10.1. The average molecular weight is 465 g/mol. The van der Waals surface area contributed by atoms with Crippen LogP contribution in [0.1, 0.15) is 11.1 Å². The Bertz CT molecular complexity index is 1080. The number of rotatable bonds is 12. The number of ether oxygens (including phenoxy) is 2. The molecule has 3 aromatic carbocycles. The molecular formula is C27H29ClN2O3. The highest BCUT2D eigenvalue weighted by atomic mass is 35.5. The molecule has 0 fully saturated rings. The predicted octanol–water partition coefficient (Wildman–Crippen LogP) is 5.75. The first kappa shape index (κ1) is 24.7. The molecule has 0 bridgehead atoms. The van der Waals surface area contributed by atoms with Gasteiger partial charge in [-0.05, 0) is 35.4 Å². The monoisotopic (exact) mass is 464 g/mol. The lowest BCUT2D eigenvalue weighted by molar-refractivity contribution is 0.118. The molecule has 0 atom stereocenters. The molecule has 0 radical (unpaired) electrons. The van der Waals surface area contributed by atoms with E-state index in [1.807, 2.05) is 60.7 Å². The highest BCUT2D eigenvalue weighted by Gasteiger charge is 2.07. The summed E-state index contributed by atoms with van der Waals surface area (Å²) < 4.78 is 17.2. The normalized spacial score (nSPS) is 11.2. The van der Waals surface area contributed by atoms with Gasteiger partial charge < -0.3 is 19.2 Å². The third-order valence-electron chi connectivity index (χ3n) is 4.93. The molecule has 4 rings (SSSR count). The minimum atomic E-state index is 0. The average Bonchev–Trinajstić information content (AvgIpc) is 3.28. The van der Waals surface area contributed by atoms with E-state index in [4.69, 9.17) is 13.9 Å². The molecule has 0 spiro atoms. The summed E-state index contributed by atoms with van der Waals surface area (Å²) in [5, 5.41) is 3.33. The molecule has 0 saturated carbocycles. The number of fused-ring (bicyclic) bond motifs is 1. The molecule has 1 N–H and O–H groups in total. The Hall–Kier alpha value is -2.96. The van der Waals surface area contributed by atoms with Crippen LogP contribution in [0.5, 0.6) is 0 Å². The Balaban J connectivity index is 0.00000306. The Morgan fingerprint density at radius 2 is 1.55 bits per heavy atom. The Morgan fingerprint density at radius 3 is 2.33 bits per heavy atom. The fraction of sp³-hybridized carbons (Fsp3) is 0.222. The highest BCUT2D eigenvalue weighted by Crippen LogP contribution is 2.24. The number of hydrogen-bond donors (Lipinski definition) is 1. The van der Waals surface area contributed by atoms with Crippen LogP contribution >= 0.6 is 12.4 Å². The van der Waals surface area contributed by atoms with Crippen LogP contribution < -0.4 is 5.32 Å². The maximum absolute atomic E-state index is 5.82. The van der Waals surface area contributed by atoms with E-state index in [0.29, 0.717) is 32.3 Å².